The van der Waals surface area contributed by atoms with Gasteiger partial charge in [-0.25, -0.2) is 4.98 Å². The van der Waals surface area contributed by atoms with Crippen molar-refractivity contribution in [1.82, 2.24) is 10.3 Å². The minimum Gasteiger partial charge on any atom is -0.383 e. The van der Waals surface area contributed by atoms with E-state index in [1.165, 1.54) is 5.56 Å². The maximum Gasteiger partial charge on any atom is 0.128 e. The molecule has 2 unspecified atom stereocenters. The Kier molecular flexibility index (Phi) is 3.41. The van der Waals surface area contributed by atoms with Crippen LogP contribution in [0.5, 0.6) is 0 Å². The predicted octanol–water partition coefficient (Wildman–Crippen LogP) is 1.27. The Morgan fingerprint density at radius 3 is 3.00 bits per heavy atom. The van der Waals surface area contributed by atoms with E-state index < -0.39 is 0 Å². The third-order valence-corrected chi connectivity index (χ3v) is 3.30. The van der Waals surface area contributed by atoms with Gasteiger partial charge in [0.1, 0.15) is 5.82 Å². The lowest BCUT2D eigenvalue weighted by molar-refractivity contribution is 0.178. The highest BCUT2D eigenvalue weighted by Gasteiger charge is 2.28. The summed E-state index contributed by atoms with van der Waals surface area (Å²) in [4.78, 5) is 4.18. The molecule has 4 nitrogen and oxygen atoms in total. The Labute approximate surface area is 96.2 Å². The highest BCUT2D eigenvalue weighted by atomic mass is 16.5. The summed E-state index contributed by atoms with van der Waals surface area (Å²) >= 11 is 0. The van der Waals surface area contributed by atoms with Crippen molar-refractivity contribution in [2.75, 3.05) is 26.0 Å². The van der Waals surface area contributed by atoms with Gasteiger partial charge in [0, 0.05) is 30.3 Å². The number of nitrogens with one attached hydrogen (secondary N) is 1. The number of rotatable bonds is 3. The van der Waals surface area contributed by atoms with Crippen molar-refractivity contribution < 1.29 is 4.74 Å². The molecular weight excluding hydrogens is 202 g/mol. The summed E-state index contributed by atoms with van der Waals surface area (Å²) in [5.74, 6) is 1.13. The van der Waals surface area contributed by atoms with Crippen LogP contribution in [0.2, 0.25) is 0 Å². The Morgan fingerprint density at radius 2 is 2.44 bits per heavy atom. The van der Waals surface area contributed by atoms with Crippen molar-refractivity contribution in [1.29, 1.82) is 0 Å². The summed E-state index contributed by atoms with van der Waals surface area (Å²) in [5, 5.41) is 3.34. The van der Waals surface area contributed by atoms with Gasteiger partial charge in [-0.2, -0.15) is 0 Å². The lowest BCUT2D eigenvalue weighted by atomic mass is 9.90. The van der Waals surface area contributed by atoms with Crippen molar-refractivity contribution in [3.05, 3.63) is 23.4 Å². The molecule has 2 atom stereocenters. The molecule has 0 aromatic carbocycles. The second-order valence-electron chi connectivity index (χ2n) is 4.32. The maximum absolute atomic E-state index is 5.97. The molecule has 3 N–H and O–H groups in total. The monoisotopic (exact) mass is 221 g/mol. The van der Waals surface area contributed by atoms with Crippen LogP contribution >= 0.6 is 0 Å². The fourth-order valence-electron chi connectivity index (χ4n) is 2.43. The van der Waals surface area contributed by atoms with E-state index in [4.69, 9.17) is 10.5 Å². The summed E-state index contributed by atoms with van der Waals surface area (Å²) in [6.07, 6.45) is 2.84. The molecule has 0 radical (unpaired) electrons. The van der Waals surface area contributed by atoms with Crippen LogP contribution in [0.25, 0.3) is 0 Å². The number of hydrogen-bond donors (Lipinski definition) is 2. The molecular formula is C12H19N3O. The highest BCUT2D eigenvalue weighted by molar-refractivity contribution is 5.46. The van der Waals surface area contributed by atoms with Gasteiger partial charge in [0.25, 0.3) is 0 Å². The van der Waals surface area contributed by atoms with Crippen LogP contribution in [0.3, 0.4) is 0 Å². The summed E-state index contributed by atoms with van der Waals surface area (Å²) < 4.78 is 5.44. The number of ether oxygens (including phenoxy) is 1. The van der Waals surface area contributed by atoms with Gasteiger partial charge < -0.3 is 15.8 Å². The van der Waals surface area contributed by atoms with E-state index in [1.54, 1.807) is 6.20 Å². The Hall–Kier alpha value is -1.13. The molecule has 0 bridgehead atoms. The van der Waals surface area contributed by atoms with Crippen molar-refractivity contribution in [2.24, 2.45) is 5.92 Å². The molecule has 0 saturated carbocycles. The van der Waals surface area contributed by atoms with Gasteiger partial charge in [-0.3, -0.25) is 0 Å². The molecule has 4 heteroatoms. The van der Waals surface area contributed by atoms with E-state index >= 15 is 0 Å². The quantitative estimate of drug-likeness (QED) is 0.807. The predicted molar refractivity (Wildman–Crippen MR) is 64.1 cm³/mol. The van der Waals surface area contributed by atoms with Crippen LogP contribution in [0.1, 0.15) is 23.6 Å². The number of aryl methyl sites for hydroxylation is 1. The van der Waals surface area contributed by atoms with Crippen LogP contribution in [0, 0.1) is 12.8 Å². The van der Waals surface area contributed by atoms with Crippen LogP contribution in [0.4, 0.5) is 5.82 Å². The molecule has 16 heavy (non-hydrogen) atoms. The molecule has 0 spiro atoms. The number of nitrogens with zero attached hydrogens (tertiary/aromatic N) is 1. The van der Waals surface area contributed by atoms with Gasteiger partial charge in [0.15, 0.2) is 0 Å². The molecule has 1 aliphatic rings. The SMILES string of the molecule is CNC(c1c(C)ccnc1N)C1CCOC1. The first kappa shape index (κ1) is 11.4. The minimum absolute atomic E-state index is 0.246. The zero-order chi connectivity index (χ0) is 11.5. The molecule has 0 aliphatic carbocycles. The molecule has 1 fully saturated rings. The van der Waals surface area contributed by atoms with Crippen molar-refractivity contribution in [2.45, 2.75) is 19.4 Å². The van der Waals surface area contributed by atoms with Gasteiger partial charge in [-0.15, -0.1) is 0 Å². The average Bonchev–Trinajstić information content (AvgIpc) is 2.77. The first-order valence-corrected chi connectivity index (χ1v) is 5.70. The second kappa shape index (κ2) is 4.80. The normalized spacial score (nSPS) is 22.2. The Balaban J connectivity index is 2.32. The van der Waals surface area contributed by atoms with Gasteiger partial charge in [-0.05, 0) is 32.0 Å². The average molecular weight is 221 g/mol. The van der Waals surface area contributed by atoms with Crippen molar-refractivity contribution in [3.8, 4) is 0 Å². The molecule has 1 aliphatic heterocycles. The summed E-state index contributed by atoms with van der Waals surface area (Å²) in [5.41, 5.74) is 8.29. The Bertz CT molecular complexity index is 341. The summed E-state index contributed by atoms with van der Waals surface area (Å²) in [6, 6.07) is 2.25. The van der Waals surface area contributed by atoms with Crippen LogP contribution in [0.15, 0.2) is 12.3 Å². The first-order valence-electron chi connectivity index (χ1n) is 5.70. The van der Waals surface area contributed by atoms with Gasteiger partial charge in [-0.1, -0.05) is 0 Å². The number of aromatic nitrogens is 1. The second-order valence-corrected chi connectivity index (χ2v) is 4.32. The minimum atomic E-state index is 0.246. The standard InChI is InChI=1S/C12H19N3O/c1-8-3-5-15-12(13)10(8)11(14-2)9-4-6-16-7-9/h3,5,9,11,14H,4,6-7H2,1-2H3,(H2,13,15). The third-order valence-electron chi connectivity index (χ3n) is 3.30. The molecule has 1 aromatic rings. The number of anilines is 1. The van der Waals surface area contributed by atoms with Crippen LogP contribution in [-0.4, -0.2) is 25.2 Å². The van der Waals surface area contributed by atoms with E-state index in [9.17, 15) is 0 Å². The van der Waals surface area contributed by atoms with Crippen LogP contribution in [-0.2, 0) is 4.74 Å². The van der Waals surface area contributed by atoms with Crippen LogP contribution < -0.4 is 11.1 Å². The number of nitrogens with two attached hydrogens (primary N) is 1. The summed E-state index contributed by atoms with van der Waals surface area (Å²) in [7, 11) is 1.97. The molecule has 2 rings (SSSR count). The van der Waals surface area contributed by atoms with Gasteiger partial charge >= 0.3 is 0 Å². The molecule has 2 heterocycles. The third kappa shape index (κ3) is 2.03. The smallest absolute Gasteiger partial charge is 0.128 e. The van der Waals surface area contributed by atoms with Crippen molar-refractivity contribution in [3.63, 3.8) is 0 Å². The fraction of sp³-hybridized carbons (Fsp3) is 0.583. The largest absolute Gasteiger partial charge is 0.383 e. The molecule has 1 saturated heterocycles. The fourth-order valence-corrected chi connectivity index (χ4v) is 2.43. The molecule has 88 valence electrons. The van der Waals surface area contributed by atoms with E-state index in [0.29, 0.717) is 11.7 Å². The number of nitrogen functional groups attached to an aromatic ring is 1. The topological polar surface area (TPSA) is 60.2 Å². The Morgan fingerprint density at radius 1 is 1.62 bits per heavy atom. The number of pyridine rings is 1. The first-order chi connectivity index (χ1) is 7.74. The maximum atomic E-state index is 5.97. The lowest BCUT2D eigenvalue weighted by Gasteiger charge is -2.24. The zero-order valence-corrected chi connectivity index (χ0v) is 9.86. The molecule has 1 aromatic heterocycles. The van der Waals surface area contributed by atoms with E-state index in [-0.39, 0.29) is 6.04 Å². The van der Waals surface area contributed by atoms with E-state index in [0.717, 1.165) is 25.2 Å². The highest BCUT2D eigenvalue weighted by Crippen LogP contribution is 2.32. The lowest BCUT2D eigenvalue weighted by Crippen LogP contribution is -2.27. The van der Waals surface area contributed by atoms with Gasteiger partial charge in [0.05, 0.1) is 6.61 Å². The van der Waals surface area contributed by atoms with Gasteiger partial charge in [0.2, 0.25) is 0 Å². The molecule has 0 amide bonds. The zero-order valence-electron chi connectivity index (χ0n) is 9.86. The number of hydrogen-bond acceptors (Lipinski definition) is 4. The summed E-state index contributed by atoms with van der Waals surface area (Å²) in [6.45, 7) is 3.73. The van der Waals surface area contributed by atoms with E-state index in [1.807, 2.05) is 13.1 Å². The van der Waals surface area contributed by atoms with Crippen molar-refractivity contribution >= 4 is 5.82 Å². The van der Waals surface area contributed by atoms with E-state index in [2.05, 4.69) is 17.2 Å².